The molecule has 5 heteroatoms. The Labute approximate surface area is 112 Å². The van der Waals surface area contributed by atoms with E-state index in [2.05, 4.69) is 11.9 Å². The highest BCUT2D eigenvalue weighted by molar-refractivity contribution is 5.94. The Kier molecular flexibility index (Phi) is 2.93. The summed E-state index contributed by atoms with van der Waals surface area (Å²) in [7, 11) is 3.80. The van der Waals surface area contributed by atoms with E-state index >= 15 is 0 Å². The molecule has 2 saturated heterocycles. The Balaban J connectivity index is 1.79. The molecule has 1 aromatic rings. The molecule has 19 heavy (non-hydrogen) atoms. The Bertz CT molecular complexity index is 552. The number of hydrogen-bond acceptors (Lipinski definition) is 3. The summed E-state index contributed by atoms with van der Waals surface area (Å²) in [5.74, 6) is 1.03. The average molecular weight is 261 g/mol. The van der Waals surface area contributed by atoms with E-state index in [4.69, 9.17) is 0 Å². The Morgan fingerprint density at radius 1 is 1.16 bits per heavy atom. The lowest BCUT2D eigenvalue weighted by atomic mass is 10.0. The molecule has 2 fully saturated rings. The molecule has 3 heterocycles. The maximum Gasteiger partial charge on any atom is 0.263 e. The smallest absolute Gasteiger partial charge is 0.263 e. The van der Waals surface area contributed by atoms with E-state index < -0.39 is 0 Å². The van der Waals surface area contributed by atoms with E-state index in [1.54, 1.807) is 25.4 Å². The van der Waals surface area contributed by atoms with Crippen LogP contribution in [0.3, 0.4) is 0 Å². The summed E-state index contributed by atoms with van der Waals surface area (Å²) in [6.07, 6.45) is 1.67. The summed E-state index contributed by atoms with van der Waals surface area (Å²) in [4.78, 5) is 28.6. The number of pyridine rings is 1. The molecule has 3 rings (SSSR count). The number of likely N-dealkylation sites (tertiary alicyclic amines) is 2. The minimum absolute atomic E-state index is 0.113. The number of nitrogens with zero attached hydrogens (tertiary/aromatic N) is 3. The summed E-state index contributed by atoms with van der Waals surface area (Å²) < 4.78 is 1.46. The highest BCUT2D eigenvalue weighted by Crippen LogP contribution is 2.30. The normalized spacial score (nSPS) is 26.7. The van der Waals surface area contributed by atoms with Crippen molar-refractivity contribution in [3.05, 3.63) is 34.2 Å². The van der Waals surface area contributed by atoms with Gasteiger partial charge in [0.2, 0.25) is 0 Å². The van der Waals surface area contributed by atoms with Gasteiger partial charge < -0.3 is 14.4 Å². The van der Waals surface area contributed by atoms with Gasteiger partial charge in [0, 0.05) is 39.4 Å². The molecule has 2 unspecified atom stereocenters. The maximum absolute atomic E-state index is 12.4. The Morgan fingerprint density at radius 3 is 2.42 bits per heavy atom. The van der Waals surface area contributed by atoms with Crippen molar-refractivity contribution in [2.75, 3.05) is 33.2 Å². The molecule has 0 bridgehead atoms. The maximum atomic E-state index is 12.4. The van der Waals surface area contributed by atoms with Crippen molar-refractivity contribution >= 4 is 5.91 Å². The molecule has 5 nitrogen and oxygen atoms in total. The number of hydrogen-bond donors (Lipinski definition) is 0. The first-order valence-electron chi connectivity index (χ1n) is 6.69. The first-order chi connectivity index (χ1) is 9.06. The van der Waals surface area contributed by atoms with Crippen molar-refractivity contribution in [1.29, 1.82) is 0 Å². The molecule has 0 aliphatic carbocycles. The van der Waals surface area contributed by atoms with Crippen LogP contribution in [0.1, 0.15) is 10.4 Å². The molecule has 0 spiro atoms. The summed E-state index contributed by atoms with van der Waals surface area (Å²) in [5.41, 5.74) is 0.0833. The molecule has 0 aromatic carbocycles. The van der Waals surface area contributed by atoms with E-state index in [0.29, 0.717) is 17.4 Å². The van der Waals surface area contributed by atoms with Gasteiger partial charge in [0.1, 0.15) is 5.56 Å². The van der Waals surface area contributed by atoms with Gasteiger partial charge in [-0.25, -0.2) is 0 Å². The van der Waals surface area contributed by atoms with Crippen molar-refractivity contribution in [2.45, 2.75) is 0 Å². The minimum atomic E-state index is -0.207. The summed E-state index contributed by atoms with van der Waals surface area (Å²) in [6, 6.07) is 3.38. The van der Waals surface area contributed by atoms with E-state index in [0.717, 1.165) is 26.2 Å². The van der Waals surface area contributed by atoms with Crippen LogP contribution < -0.4 is 5.56 Å². The van der Waals surface area contributed by atoms with Crippen molar-refractivity contribution in [3.63, 3.8) is 0 Å². The fourth-order valence-electron chi connectivity index (χ4n) is 3.32. The second-order valence-corrected chi connectivity index (χ2v) is 5.79. The van der Waals surface area contributed by atoms with Gasteiger partial charge in [0.15, 0.2) is 0 Å². The minimum Gasteiger partial charge on any atom is -0.338 e. The van der Waals surface area contributed by atoms with Crippen molar-refractivity contribution in [3.8, 4) is 0 Å². The van der Waals surface area contributed by atoms with Crippen LogP contribution in [0.25, 0.3) is 0 Å². The molecule has 102 valence electrons. The number of carbonyl (C=O) groups excluding carboxylic acids is 1. The lowest BCUT2D eigenvalue weighted by molar-refractivity contribution is 0.0773. The molecule has 0 radical (unpaired) electrons. The Morgan fingerprint density at radius 2 is 1.79 bits per heavy atom. The summed E-state index contributed by atoms with van der Waals surface area (Å²) >= 11 is 0. The number of carbonyl (C=O) groups is 1. The predicted molar refractivity (Wildman–Crippen MR) is 72.1 cm³/mol. The monoisotopic (exact) mass is 261 g/mol. The van der Waals surface area contributed by atoms with E-state index in [-0.39, 0.29) is 11.5 Å². The third-order valence-electron chi connectivity index (χ3n) is 4.31. The van der Waals surface area contributed by atoms with Crippen molar-refractivity contribution in [2.24, 2.45) is 18.9 Å². The summed E-state index contributed by atoms with van der Waals surface area (Å²) in [6.45, 7) is 3.68. The molecule has 2 aliphatic rings. The number of aryl methyl sites for hydroxylation is 1. The molecule has 1 aromatic heterocycles. The topological polar surface area (TPSA) is 45.5 Å². The predicted octanol–water partition coefficient (Wildman–Crippen LogP) is 0.0189. The van der Waals surface area contributed by atoms with Crippen molar-refractivity contribution in [1.82, 2.24) is 14.4 Å². The molecule has 2 aliphatic heterocycles. The largest absolute Gasteiger partial charge is 0.338 e. The standard InChI is InChI=1S/C14H19N3O2/c1-15-6-10-8-17(9-11(10)7-15)14(19)12-4-3-5-16(2)13(12)18/h3-5,10-11H,6-9H2,1-2H3. The van der Waals surface area contributed by atoms with E-state index in [1.807, 2.05) is 4.90 Å². The number of amides is 1. The first-order valence-corrected chi connectivity index (χ1v) is 6.69. The van der Waals surface area contributed by atoms with Gasteiger partial charge in [-0.3, -0.25) is 9.59 Å². The van der Waals surface area contributed by atoms with E-state index in [9.17, 15) is 9.59 Å². The van der Waals surface area contributed by atoms with Gasteiger partial charge in [-0.15, -0.1) is 0 Å². The Hall–Kier alpha value is -1.62. The molecule has 2 atom stereocenters. The average Bonchev–Trinajstić information content (AvgIpc) is 2.89. The molecule has 1 amide bonds. The number of fused-ring (bicyclic) bond motifs is 1. The van der Waals surface area contributed by atoms with Crippen LogP contribution in [-0.2, 0) is 7.05 Å². The number of rotatable bonds is 1. The van der Waals surface area contributed by atoms with Gasteiger partial charge in [-0.2, -0.15) is 0 Å². The van der Waals surface area contributed by atoms with Gasteiger partial charge in [-0.1, -0.05) is 0 Å². The fraction of sp³-hybridized carbons (Fsp3) is 0.571. The van der Waals surface area contributed by atoms with Crippen LogP contribution in [0.15, 0.2) is 23.1 Å². The molecule has 0 N–H and O–H groups in total. The third-order valence-corrected chi connectivity index (χ3v) is 4.31. The van der Waals surface area contributed by atoms with Gasteiger partial charge in [-0.05, 0) is 31.0 Å². The summed E-state index contributed by atoms with van der Waals surface area (Å²) in [5, 5.41) is 0. The van der Waals surface area contributed by atoms with Crippen LogP contribution in [0.5, 0.6) is 0 Å². The zero-order valence-electron chi connectivity index (χ0n) is 11.4. The van der Waals surface area contributed by atoms with Gasteiger partial charge in [0.25, 0.3) is 11.5 Å². The first kappa shape index (κ1) is 12.4. The number of aromatic nitrogens is 1. The fourth-order valence-corrected chi connectivity index (χ4v) is 3.32. The quantitative estimate of drug-likeness (QED) is 0.716. The van der Waals surface area contributed by atoms with Crippen LogP contribution >= 0.6 is 0 Å². The van der Waals surface area contributed by atoms with Gasteiger partial charge in [0.05, 0.1) is 0 Å². The molecular formula is C14H19N3O2. The highest BCUT2D eigenvalue weighted by Gasteiger charge is 2.40. The van der Waals surface area contributed by atoms with Crippen LogP contribution in [0.2, 0.25) is 0 Å². The third kappa shape index (κ3) is 2.08. The SMILES string of the molecule is CN1CC2CN(C(=O)c3cccn(C)c3=O)CC2C1. The van der Waals surface area contributed by atoms with Crippen LogP contribution in [0, 0.1) is 11.8 Å². The van der Waals surface area contributed by atoms with Crippen molar-refractivity contribution < 1.29 is 4.79 Å². The zero-order chi connectivity index (χ0) is 13.6. The second-order valence-electron chi connectivity index (χ2n) is 5.79. The molecule has 0 saturated carbocycles. The highest BCUT2D eigenvalue weighted by atomic mass is 16.2. The molecular weight excluding hydrogens is 242 g/mol. The van der Waals surface area contributed by atoms with E-state index in [1.165, 1.54) is 4.57 Å². The lowest BCUT2D eigenvalue weighted by Crippen LogP contribution is -2.36. The van der Waals surface area contributed by atoms with Crippen LogP contribution in [0.4, 0.5) is 0 Å². The van der Waals surface area contributed by atoms with Crippen LogP contribution in [-0.4, -0.2) is 53.5 Å². The zero-order valence-corrected chi connectivity index (χ0v) is 11.4. The second kappa shape index (κ2) is 4.49. The lowest BCUT2D eigenvalue weighted by Gasteiger charge is -2.19. The van der Waals surface area contributed by atoms with Gasteiger partial charge >= 0.3 is 0 Å².